The van der Waals surface area contributed by atoms with Gasteiger partial charge in [-0.1, -0.05) is 72.7 Å². The Morgan fingerprint density at radius 1 is 0.346 bits per heavy atom. The van der Waals surface area contributed by atoms with Gasteiger partial charge >= 0.3 is 0 Å². The molecule has 0 aliphatic heterocycles. The molecule has 0 aliphatic carbocycles. The van der Waals surface area contributed by atoms with Gasteiger partial charge < -0.3 is 9.80 Å². The molecule has 0 saturated carbocycles. The van der Waals surface area contributed by atoms with E-state index in [2.05, 4.69) is 0 Å². The van der Waals surface area contributed by atoms with Crippen molar-refractivity contribution in [3.05, 3.63) is 167 Å². The molecule has 0 N–H and O–H groups in total. The molecule has 0 spiro atoms. The smallest absolute Gasteiger partial charge is 0.200 e. The number of para-hydroxylation sites is 2. The Hall–Kier alpha value is -6.30. The minimum Gasteiger partial charge on any atom is -0.304 e. The molecule has 0 atom stereocenters. The summed E-state index contributed by atoms with van der Waals surface area (Å²) < 4.78 is 236. The molecule has 2 nitrogen and oxygen atoms in total. The van der Waals surface area contributed by atoms with Crippen molar-refractivity contribution in [1.29, 1.82) is 0 Å². The van der Waals surface area contributed by atoms with Crippen LogP contribution in [0.2, 0.25) is 0 Å². The molecule has 0 aliphatic rings. The van der Waals surface area contributed by atoms with Crippen LogP contribution in [0.15, 0.2) is 109 Å². The SMILES string of the molecule is [2H]c1c([2H])c([2H])c(N(c2c(F)c(F)c(F)c(F)c2F)c2ccc3ccc4c(N(c5c([2H])c([2H])c([2H])c([2H])c5[2H])c5c(F)c(F)c(F)c(F)c5F)ccc5ccc2c3c54)c([2H])c1[2H]. The Bertz CT molecular complexity index is 2830. The number of hydrogen-bond acceptors (Lipinski definition) is 2. The lowest BCUT2D eigenvalue weighted by molar-refractivity contribution is 0.380. The van der Waals surface area contributed by atoms with E-state index < -0.39 is 153 Å². The van der Waals surface area contributed by atoms with Crippen molar-refractivity contribution in [2.45, 2.75) is 0 Å². The van der Waals surface area contributed by atoms with E-state index >= 15 is 17.6 Å². The fourth-order valence-corrected chi connectivity index (χ4v) is 6.16. The van der Waals surface area contributed by atoms with Gasteiger partial charge in [0.15, 0.2) is 46.5 Å². The Kier molecular flexibility index (Phi) is 5.44. The van der Waals surface area contributed by atoms with Crippen molar-refractivity contribution in [2.75, 3.05) is 9.80 Å². The van der Waals surface area contributed by atoms with Gasteiger partial charge in [-0.15, -0.1) is 0 Å². The van der Waals surface area contributed by atoms with Gasteiger partial charge in [-0.25, -0.2) is 43.9 Å². The number of anilines is 6. The molecule has 0 fully saturated rings. The Morgan fingerprint density at radius 3 is 0.962 bits per heavy atom. The summed E-state index contributed by atoms with van der Waals surface area (Å²) in [4.78, 5) is 0.466. The predicted molar refractivity (Wildman–Crippen MR) is 179 cm³/mol. The highest BCUT2D eigenvalue weighted by molar-refractivity contribution is 6.28. The van der Waals surface area contributed by atoms with E-state index in [-0.39, 0.29) is 42.1 Å². The molecule has 0 bridgehead atoms. The average molecular weight is 727 g/mol. The lowest BCUT2D eigenvalue weighted by atomic mass is 9.91. The second kappa shape index (κ2) is 12.2. The zero-order chi connectivity index (χ0) is 45.3. The first kappa shape index (κ1) is 23.2. The van der Waals surface area contributed by atoms with E-state index in [1.807, 2.05) is 0 Å². The molecule has 8 rings (SSSR count). The highest BCUT2D eigenvalue weighted by atomic mass is 19.2. The summed E-state index contributed by atoms with van der Waals surface area (Å²) in [5.74, 6) is -24.9. The van der Waals surface area contributed by atoms with E-state index in [0.717, 1.165) is 12.1 Å². The first-order valence-corrected chi connectivity index (χ1v) is 14.6. The average Bonchev–Trinajstić information content (AvgIpc) is 3.27. The molecule has 0 saturated heterocycles. The molecule has 52 heavy (non-hydrogen) atoms. The maximum absolute atomic E-state index is 15.9. The highest BCUT2D eigenvalue weighted by Crippen LogP contribution is 2.49. The third-order valence-corrected chi connectivity index (χ3v) is 8.34. The predicted octanol–water partition coefficient (Wildman–Crippen LogP) is 12.9. The van der Waals surface area contributed by atoms with Crippen molar-refractivity contribution in [3.63, 3.8) is 0 Å². The van der Waals surface area contributed by atoms with E-state index in [9.17, 15) is 26.3 Å². The van der Waals surface area contributed by atoms with Crippen LogP contribution in [0.5, 0.6) is 0 Å². The fourth-order valence-electron chi connectivity index (χ4n) is 6.16. The van der Waals surface area contributed by atoms with Gasteiger partial charge in [-0.05, 0) is 57.8 Å². The van der Waals surface area contributed by atoms with Crippen molar-refractivity contribution < 1.29 is 57.6 Å². The Labute approximate surface area is 301 Å². The van der Waals surface area contributed by atoms with Crippen molar-refractivity contribution in [3.8, 4) is 0 Å². The number of hydrogen-bond donors (Lipinski definition) is 0. The monoisotopic (exact) mass is 726 g/mol. The maximum Gasteiger partial charge on any atom is 0.200 e. The zero-order valence-corrected chi connectivity index (χ0v) is 25.3. The van der Waals surface area contributed by atoms with E-state index in [1.54, 1.807) is 0 Å². The van der Waals surface area contributed by atoms with Crippen LogP contribution in [-0.2, 0) is 0 Å². The molecular weight excluding hydrogens is 698 g/mol. The Morgan fingerprint density at radius 2 is 0.635 bits per heavy atom. The molecule has 12 heteroatoms. The summed E-state index contributed by atoms with van der Waals surface area (Å²) in [7, 11) is 0. The molecule has 0 amide bonds. The van der Waals surface area contributed by atoms with Crippen LogP contribution in [0.25, 0.3) is 32.3 Å². The topological polar surface area (TPSA) is 6.48 Å². The first-order valence-electron chi connectivity index (χ1n) is 19.6. The minimum atomic E-state index is -2.58. The van der Waals surface area contributed by atoms with Gasteiger partial charge in [0.1, 0.15) is 11.4 Å². The molecule has 8 aromatic rings. The van der Waals surface area contributed by atoms with Crippen LogP contribution in [0, 0.1) is 58.2 Å². The van der Waals surface area contributed by atoms with E-state index in [0.29, 0.717) is 0 Å². The summed E-state index contributed by atoms with van der Waals surface area (Å²) in [6, 6.07) is -1.13. The standard InChI is InChI=1S/C40H18F10N2/c41-29-31(43)35(47)39(36(48)32(29)44)51(21-7-3-1-4-8-21)25-17-13-19-12-16-24-26(18-14-20-11-15-23(25)27(19)28(20)24)52(22-9-5-2-6-10-22)40-37(49)33(45)30(42)34(46)38(40)50/h1-18H/i1D,2D,3D,4D,5D,6D,7D,8D,9D,10D. The van der Waals surface area contributed by atoms with Crippen LogP contribution >= 0.6 is 0 Å². The number of nitrogens with zero attached hydrogens (tertiary/aromatic N) is 2. The van der Waals surface area contributed by atoms with Gasteiger partial charge in [-0.3, -0.25) is 0 Å². The lowest BCUT2D eigenvalue weighted by Gasteiger charge is -2.30. The van der Waals surface area contributed by atoms with Crippen LogP contribution in [0.3, 0.4) is 0 Å². The van der Waals surface area contributed by atoms with Crippen LogP contribution in [0.1, 0.15) is 13.7 Å². The van der Waals surface area contributed by atoms with Crippen molar-refractivity contribution >= 4 is 66.4 Å². The first-order chi connectivity index (χ1) is 29.1. The lowest BCUT2D eigenvalue weighted by Crippen LogP contribution is -2.18. The third-order valence-electron chi connectivity index (χ3n) is 8.34. The highest BCUT2D eigenvalue weighted by Gasteiger charge is 2.34. The largest absolute Gasteiger partial charge is 0.304 e. The summed E-state index contributed by atoms with van der Waals surface area (Å²) in [6.07, 6.45) is 0. The van der Waals surface area contributed by atoms with E-state index in [4.69, 9.17) is 13.7 Å². The van der Waals surface area contributed by atoms with Crippen LogP contribution < -0.4 is 9.80 Å². The van der Waals surface area contributed by atoms with Crippen LogP contribution in [-0.4, -0.2) is 0 Å². The second-order valence-electron chi connectivity index (χ2n) is 11.0. The van der Waals surface area contributed by atoms with E-state index in [1.165, 1.54) is 36.4 Å². The summed E-state index contributed by atoms with van der Waals surface area (Å²) in [5.41, 5.74) is -6.83. The molecular formula is C40H18F10N2. The zero-order valence-electron chi connectivity index (χ0n) is 35.3. The number of halogens is 10. The Balaban J connectivity index is 1.54. The van der Waals surface area contributed by atoms with Gasteiger partial charge in [0.2, 0.25) is 11.6 Å². The van der Waals surface area contributed by atoms with Gasteiger partial charge in [-0.2, -0.15) is 0 Å². The second-order valence-corrected chi connectivity index (χ2v) is 11.0. The van der Waals surface area contributed by atoms with Crippen molar-refractivity contribution in [1.82, 2.24) is 0 Å². The van der Waals surface area contributed by atoms with Gasteiger partial charge in [0.05, 0.1) is 25.1 Å². The molecule has 8 aromatic carbocycles. The minimum absolute atomic E-state index is 0.0287. The normalized spacial score (nSPS) is 14.3. The molecule has 0 heterocycles. The quantitative estimate of drug-likeness (QED) is 0.0729. The van der Waals surface area contributed by atoms with Crippen LogP contribution in [0.4, 0.5) is 78.0 Å². The van der Waals surface area contributed by atoms with Gasteiger partial charge in [0, 0.05) is 22.1 Å². The molecule has 0 radical (unpaired) electrons. The molecule has 258 valence electrons. The summed E-state index contributed by atoms with van der Waals surface area (Å²) >= 11 is 0. The number of rotatable bonds is 6. The molecule has 0 aromatic heterocycles. The summed E-state index contributed by atoms with van der Waals surface area (Å²) in [5, 5.41) is -0.0813. The summed E-state index contributed by atoms with van der Waals surface area (Å²) in [6.45, 7) is 0. The maximum atomic E-state index is 15.9. The van der Waals surface area contributed by atoms with Crippen molar-refractivity contribution in [2.24, 2.45) is 0 Å². The number of benzene rings is 8. The fraction of sp³-hybridized carbons (Fsp3) is 0. The molecule has 0 unspecified atom stereocenters. The third kappa shape index (κ3) is 4.74. The van der Waals surface area contributed by atoms with Gasteiger partial charge in [0.25, 0.3) is 0 Å².